The number of furan rings is 1. The minimum absolute atomic E-state index is 0.683. The Morgan fingerprint density at radius 1 is 1.12 bits per heavy atom. The van der Waals surface area contributed by atoms with Crippen molar-refractivity contribution in [2.24, 2.45) is 0 Å². The summed E-state index contributed by atoms with van der Waals surface area (Å²) in [5.41, 5.74) is 3.08. The Hall–Kier alpha value is -2.01. The molecule has 0 saturated heterocycles. The highest BCUT2D eigenvalue weighted by atomic mass is 16.3. The highest BCUT2D eigenvalue weighted by molar-refractivity contribution is 5.60. The standard InChI is InChI=1S/C14H11NO/c15-9-10-4-6-11(7-5-10)14-8-12-2-1-3-13(12)16-14/h4-8H,1-3H2. The first-order valence-corrected chi connectivity index (χ1v) is 5.49. The first-order valence-electron chi connectivity index (χ1n) is 5.49. The number of fused-ring (bicyclic) bond motifs is 1. The van der Waals surface area contributed by atoms with Gasteiger partial charge in [-0.2, -0.15) is 5.26 Å². The summed E-state index contributed by atoms with van der Waals surface area (Å²) in [6, 6.07) is 11.8. The number of aryl methyl sites for hydroxylation is 2. The van der Waals surface area contributed by atoms with Crippen LogP contribution in [0, 0.1) is 11.3 Å². The average molecular weight is 209 g/mol. The lowest BCUT2D eigenvalue weighted by molar-refractivity contribution is 0.529. The molecule has 1 heterocycles. The van der Waals surface area contributed by atoms with Crippen LogP contribution in [-0.2, 0) is 12.8 Å². The zero-order valence-electron chi connectivity index (χ0n) is 8.86. The Kier molecular flexibility index (Phi) is 2.04. The lowest BCUT2D eigenvalue weighted by atomic mass is 10.1. The van der Waals surface area contributed by atoms with Crippen molar-refractivity contribution in [3.8, 4) is 17.4 Å². The molecule has 78 valence electrons. The van der Waals surface area contributed by atoms with Gasteiger partial charge in [0.25, 0.3) is 0 Å². The van der Waals surface area contributed by atoms with Gasteiger partial charge in [0.05, 0.1) is 11.6 Å². The molecule has 2 nitrogen and oxygen atoms in total. The molecule has 0 spiro atoms. The van der Waals surface area contributed by atoms with E-state index >= 15 is 0 Å². The van der Waals surface area contributed by atoms with E-state index in [0.29, 0.717) is 5.56 Å². The predicted octanol–water partition coefficient (Wildman–Crippen LogP) is 3.31. The smallest absolute Gasteiger partial charge is 0.134 e. The van der Waals surface area contributed by atoms with E-state index in [0.717, 1.165) is 29.9 Å². The number of nitrogens with zero attached hydrogens (tertiary/aromatic N) is 1. The van der Waals surface area contributed by atoms with E-state index in [1.54, 1.807) is 0 Å². The fourth-order valence-corrected chi connectivity index (χ4v) is 2.18. The van der Waals surface area contributed by atoms with Crippen LogP contribution in [0.3, 0.4) is 0 Å². The Morgan fingerprint density at radius 3 is 2.62 bits per heavy atom. The van der Waals surface area contributed by atoms with Crippen molar-refractivity contribution in [3.05, 3.63) is 47.2 Å². The van der Waals surface area contributed by atoms with E-state index in [4.69, 9.17) is 9.68 Å². The number of benzene rings is 1. The van der Waals surface area contributed by atoms with Crippen molar-refractivity contribution in [2.45, 2.75) is 19.3 Å². The molecule has 0 atom stereocenters. The van der Waals surface area contributed by atoms with E-state index in [2.05, 4.69) is 12.1 Å². The van der Waals surface area contributed by atoms with E-state index in [1.165, 1.54) is 12.0 Å². The van der Waals surface area contributed by atoms with Crippen LogP contribution in [0.25, 0.3) is 11.3 Å². The van der Waals surface area contributed by atoms with Gasteiger partial charge in [0.15, 0.2) is 0 Å². The van der Waals surface area contributed by atoms with Gasteiger partial charge in [0.2, 0.25) is 0 Å². The molecule has 0 unspecified atom stereocenters. The van der Waals surface area contributed by atoms with Gasteiger partial charge in [0, 0.05) is 12.0 Å². The fraction of sp³-hybridized carbons (Fsp3) is 0.214. The van der Waals surface area contributed by atoms with Crippen LogP contribution < -0.4 is 0 Å². The first kappa shape index (κ1) is 9.23. The number of rotatable bonds is 1. The van der Waals surface area contributed by atoms with Crippen molar-refractivity contribution in [2.75, 3.05) is 0 Å². The molecular weight excluding hydrogens is 198 g/mol. The molecule has 1 aromatic carbocycles. The molecule has 1 aliphatic carbocycles. The maximum atomic E-state index is 8.72. The third-order valence-electron chi connectivity index (χ3n) is 3.05. The summed E-state index contributed by atoms with van der Waals surface area (Å²) >= 11 is 0. The molecule has 2 heteroatoms. The van der Waals surface area contributed by atoms with Gasteiger partial charge >= 0.3 is 0 Å². The van der Waals surface area contributed by atoms with Crippen LogP contribution >= 0.6 is 0 Å². The number of hydrogen-bond donors (Lipinski definition) is 0. The van der Waals surface area contributed by atoms with Gasteiger partial charge in [-0.3, -0.25) is 0 Å². The summed E-state index contributed by atoms with van der Waals surface area (Å²) in [7, 11) is 0. The summed E-state index contributed by atoms with van der Waals surface area (Å²) < 4.78 is 5.80. The van der Waals surface area contributed by atoms with Crippen molar-refractivity contribution < 1.29 is 4.42 Å². The Labute approximate surface area is 94.1 Å². The molecule has 0 saturated carbocycles. The van der Waals surface area contributed by atoms with Gasteiger partial charge in [-0.15, -0.1) is 0 Å². The molecule has 0 fully saturated rings. The van der Waals surface area contributed by atoms with E-state index < -0.39 is 0 Å². The van der Waals surface area contributed by atoms with Gasteiger partial charge in [-0.1, -0.05) is 0 Å². The molecule has 0 radical (unpaired) electrons. The minimum atomic E-state index is 0.683. The molecule has 0 aliphatic heterocycles. The molecule has 3 rings (SSSR count). The second kappa shape index (κ2) is 3.53. The maximum absolute atomic E-state index is 8.72. The van der Waals surface area contributed by atoms with Crippen LogP contribution in [0.15, 0.2) is 34.7 Å². The van der Waals surface area contributed by atoms with Gasteiger partial charge in [-0.25, -0.2) is 0 Å². The molecule has 16 heavy (non-hydrogen) atoms. The van der Waals surface area contributed by atoms with Crippen molar-refractivity contribution in [3.63, 3.8) is 0 Å². The van der Waals surface area contributed by atoms with E-state index in [1.807, 2.05) is 24.3 Å². The summed E-state index contributed by atoms with van der Waals surface area (Å²) in [6.07, 6.45) is 3.41. The van der Waals surface area contributed by atoms with Gasteiger partial charge in [0.1, 0.15) is 11.5 Å². The van der Waals surface area contributed by atoms with Crippen LogP contribution in [0.4, 0.5) is 0 Å². The quantitative estimate of drug-likeness (QED) is 0.722. The highest BCUT2D eigenvalue weighted by Gasteiger charge is 2.17. The molecule has 0 bridgehead atoms. The Bertz CT molecular complexity index is 536. The lowest BCUT2D eigenvalue weighted by Gasteiger charge is -1.97. The van der Waals surface area contributed by atoms with Crippen LogP contribution in [0.2, 0.25) is 0 Å². The van der Waals surface area contributed by atoms with Crippen molar-refractivity contribution in [1.82, 2.24) is 0 Å². The predicted molar refractivity (Wildman–Crippen MR) is 60.9 cm³/mol. The van der Waals surface area contributed by atoms with Crippen molar-refractivity contribution >= 4 is 0 Å². The molecule has 0 amide bonds. The van der Waals surface area contributed by atoms with Crippen LogP contribution in [0.5, 0.6) is 0 Å². The average Bonchev–Trinajstić information content (AvgIpc) is 2.89. The zero-order valence-corrected chi connectivity index (χ0v) is 8.86. The van der Waals surface area contributed by atoms with E-state index in [-0.39, 0.29) is 0 Å². The van der Waals surface area contributed by atoms with Crippen LogP contribution in [0.1, 0.15) is 23.3 Å². The van der Waals surface area contributed by atoms with E-state index in [9.17, 15) is 0 Å². The third kappa shape index (κ3) is 1.42. The molecule has 0 N–H and O–H groups in total. The largest absolute Gasteiger partial charge is 0.461 e. The van der Waals surface area contributed by atoms with Gasteiger partial charge in [-0.05, 0) is 48.7 Å². The zero-order chi connectivity index (χ0) is 11.0. The summed E-state index contributed by atoms with van der Waals surface area (Å²) in [4.78, 5) is 0. The monoisotopic (exact) mass is 209 g/mol. The second-order valence-electron chi connectivity index (χ2n) is 4.10. The minimum Gasteiger partial charge on any atom is -0.461 e. The Balaban J connectivity index is 1.99. The maximum Gasteiger partial charge on any atom is 0.134 e. The molecular formula is C14H11NO. The highest BCUT2D eigenvalue weighted by Crippen LogP contribution is 2.31. The summed E-state index contributed by atoms with van der Waals surface area (Å²) in [6.45, 7) is 0. The lowest BCUT2D eigenvalue weighted by Crippen LogP contribution is -1.77. The molecule has 2 aromatic rings. The van der Waals surface area contributed by atoms with Gasteiger partial charge < -0.3 is 4.42 Å². The fourth-order valence-electron chi connectivity index (χ4n) is 2.18. The summed E-state index contributed by atoms with van der Waals surface area (Å²) in [5.74, 6) is 2.06. The number of hydrogen-bond acceptors (Lipinski definition) is 2. The first-order chi connectivity index (χ1) is 7.86. The number of nitriles is 1. The second-order valence-corrected chi connectivity index (χ2v) is 4.10. The SMILES string of the molecule is N#Cc1ccc(-c2cc3c(o2)CCC3)cc1. The Morgan fingerprint density at radius 2 is 1.94 bits per heavy atom. The third-order valence-corrected chi connectivity index (χ3v) is 3.05. The topological polar surface area (TPSA) is 36.9 Å². The van der Waals surface area contributed by atoms with Crippen molar-refractivity contribution in [1.29, 1.82) is 5.26 Å². The normalized spacial score (nSPS) is 13.4. The molecule has 1 aliphatic rings. The molecule has 1 aromatic heterocycles. The van der Waals surface area contributed by atoms with Crippen LogP contribution in [-0.4, -0.2) is 0 Å². The summed E-state index contributed by atoms with van der Waals surface area (Å²) in [5, 5.41) is 8.72.